The van der Waals surface area contributed by atoms with E-state index in [-0.39, 0.29) is 17.4 Å². The molecule has 102 valence electrons. The average Bonchev–Trinajstić information content (AvgIpc) is 3.04. The van der Waals surface area contributed by atoms with Crippen molar-refractivity contribution in [1.29, 1.82) is 0 Å². The largest absolute Gasteiger partial charge is 0.347 e. The van der Waals surface area contributed by atoms with Crippen molar-refractivity contribution in [3.63, 3.8) is 0 Å². The van der Waals surface area contributed by atoms with E-state index in [4.69, 9.17) is 0 Å². The van der Waals surface area contributed by atoms with Gasteiger partial charge in [0.15, 0.2) is 0 Å². The molecule has 0 radical (unpaired) electrons. The third-order valence-corrected chi connectivity index (χ3v) is 4.32. The Morgan fingerprint density at radius 1 is 1.11 bits per heavy atom. The highest BCUT2D eigenvalue weighted by molar-refractivity contribution is 5.17. The molecule has 0 saturated heterocycles. The Kier molecular flexibility index (Phi) is 3.05. The SMILES string of the molecule is Cn1c(=O)[nH]n(C2C=CC(C3CCCC3)C=C2)c1=O. The van der Waals surface area contributed by atoms with Crippen LogP contribution in [0, 0.1) is 11.8 Å². The molecule has 5 nitrogen and oxygen atoms in total. The molecular formula is C14H19N3O2. The Labute approximate surface area is 111 Å². The van der Waals surface area contributed by atoms with Crippen LogP contribution in [0.15, 0.2) is 33.9 Å². The first-order valence-electron chi connectivity index (χ1n) is 6.91. The van der Waals surface area contributed by atoms with Crippen LogP contribution in [0.5, 0.6) is 0 Å². The maximum absolute atomic E-state index is 11.9. The van der Waals surface area contributed by atoms with Crippen LogP contribution in [-0.2, 0) is 7.05 Å². The monoisotopic (exact) mass is 261 g/mol. The number of allylic oxidation sites excluding steroid dienone is 4. The topological polar surface area (TPSA) is 59.8 Å². The molecule has 0 aromatic carbocycles. The van der Waals surface area contributed by atoms with Gasteiger partial charge in [0.25, 0.3) is 0 Å². The standard InChI is InChI=1S/C14H19N3O2/c1-16-13(18)15-17(14(16)19)12-8-6-11(7-9-12)10-4-2-3-5-10/h6-12H,2-5H2,1H3,(H,15,18). The normalized spacial score (nSPS) is 27.2. The third kappa shape index (κ3) is 2.13. The van der Waals surface area contributed by atoms with Gasteiger partial charge >= 0.3 is 11.4 Å². The molecule has 0 amide bonds. The summed E-state index contributed by atoms with van der Waals surface area (Å²) in [5, 5.41) is 2.58. The van der Waals surface area contributed by atoms with Gasteiger partial charge in [-0.15, -0.1) is 0 Å². The number of nitrogens with one attached hydrogen (secondary N) is 1. The lowest BCUT2D eigenvalue weighted by atomic mass is 9.87. The summed E-state index contributed by atoms with van der Waals surface area (Å²) < 4.78 is 2.46. The molecule has 1 saturated carbocycles. The molecule has 0 atom stereocenters. The lowest BCUT2D eigenvalue weighted by molar-refractivity contribution is 0.457. The maximum atomic E-state index is 11.9. The number of rotatable bonds is 2. The molecule has 2 aliphatic carbocycles. The van der Waals surface area contributed by atoms with Gasteiger partial charge in [-0.25, -0.2) is 23.9 Å². The van der Waals surface area contributed by atoms with Crippen LogP contribution in [0.4, 0.5) is 0 Å². The van der Waals surface area contributed by atoms with E-state index in [1.165, 1.54) is 37.4 Å². The average molecular weight is 261 g/mol. The summed E-state index contributed by atoms with van der Waals surface area (Å²) in [6, 6.07) is -0.168. The van der Waals surface area contributed by atoms with Crippen LogP contribution in [0.3, 0.4) is 0 Å². The molecule has 1 N–H and O–H groups in total. The van der Waals surface area contributed by atoms with Crippen molar-refractivity contribution < 1.29 is 0 Å². The molecule has 5 heteroatoms. The Hall–Kier alpha value is -1.78. The molecule has 0 spiro atoms. The second-order valence-electron chi connectivity index (χ2n) is 5.51. The third-order valence-electron chi connectivity index (χ3n) is 4.32. The summed E-state index contributed by atoms with van der Waals surface area (Å²) in [5.74, 6) is 1.24. The van der Waals surface area contributed by atoms with Crippen LogP contribution < -0.4 is 11.4 Å². The number of nitrogens with zero attached hydrogens (tertiary/aromatic N) is 2. The summed E-state index contributed by atoms with van der Waals surface area (Å²) in [4.78, 5) is 23.3. The van der Waals surface area contributed by atoms with E-state index in [1.807, 2.05) is 12.2 Å². The van der Waals surface area contributed by atoms with Gasteiger partial charge in [-0.3, -0.25) is 0 Å². The fourth-order valence-corrected chi connectivity index (χ4v) is 3.12. The molecule has 1 aromatic heterocycles. The zero-order valence-corrected chi connectivity index (χ0v) is 11.1. The van der Waals surface area contributed by atoms with Crippen molar-refractivity contribution in [3.8, 4) is 0 Å². The van der Waals surface area contributed by atoms with Crippen molar-refractivity contribution in [2.75, 3.05) is 0 Å². The van der Waals surface area contributed by atoms with E-state index in [2.05, 4.69) is 17.3 Å². The van der Waals surface area contributed by atoms with Gasteiger partial charge in [-0.1, -0.05) is 37.1 Å². The highest BCUT2D eigenvalue weighted by Gasteiger charge is 2.24. The number of H-pyrrole nitrogens is 1. The summed E-state index contributed by atoms with van der Waals surface area (Å²) in [6.07, 6.45) is 13.6. The second-order valence-corrected chi connectivity index (χ2v) is 5.51. The fourth-order valence-electron chi connectivity index (χ4n) is 3.12. The predicted octanol–water partition coefficient (Wildman–Crippen LogP) is 1.35. The minimum atomic E-state index is -0.371. The molecule has 19 heavy (non-hydrogen) atoms. The van der Waals surface area contributed by atoms with Gasteiger partial charge in [-0.2, -0.15) is 0 Å². The molecule has 1 aromatic rings. The lowest BCUT2D eigenvalue weighted by Crippen LogP contribution is -2.28. The van der Waals surface area contributed by atoms with Crippen molar-refractivity contribution in [2.45, 2.75) is 31.7 Å². The highest BCUT2D eigenvalue weighted by atomic mass is 16.2. The maximum Gasteiger partial charge on any atom is 0.347 e. The van der Waals surface area contributed by atoms with E-state index >= 15 is 0 Å². The van der Waals surface area contributed by atoms with Gasteiger partial charge in [0.05, 0.1) is 6.04 Å². The van der Waals surface area contributed by atoms with E-state index < -0.39 is 0 Å². The minimum absolute atomic E-state index is 0.168. The summed E-state index contributed by atoms with van der Waals surface area (Å²) in [6.45, 7) is 0. The number of hydrogen-bond donors (Lipinski definition) is 1. The quantitative estimate of drug-likeness (QED) is 0.817. The Morgan fingerprint density at radius 2 is 1.74 bits per heavy atom. The van der Waals surface area contributed by atoms with Crippen LogP contribution in [0.1, 0.15) is 31.7 Å². The Morgan fingerprint density at radius 3 is 2.26 bits per heavy atom. The minimum Gasteiger partial charge on any atom is -0.246 e. The van der Waals surface area contributed by atoms with E-state index in [1.54, 1.807) is 0 Å². The number of aromatic amines is 1. The van der Waals surface area contributed by atoms with Crippen LogP contribution in [-0.4, -0.2) is 14.3 Å². The number of hydrogen-bond acceptors (Lipinski definition) is 2. The van der Waals surface area contributed by atoms with E-state index in [0.717, 1.165) is 10.5 Å². The van der Waals surface area contributed by atoms with Gasteiger partial charge in [0, 0.05) is 7.05 Å². The first kappa shape index (κ1) is 12.3. The summed E-state index contributed by atoms with van der Waals surface area (Å²) in [7, 11) is 1.48. The zero-order chi connectivity index (χ0) is 13.4. The number of aromatic nitrogens is 3. The molecule has 0 aliphatic heterocycles. The molecule has 1 heterocycles. The van der Waals surface area contributed by atoms with Crippen molar-refractivity contribution in [3.05, 3.63) is 45.3 Å². The Bertz CT molecular complexity index is 612. The van der Waals surface area contributed by atoms with Crippen LogP contribution in [0.25, 0.3) is 0 Å². The van der Waals surface area contributed by atoms with E-state index in [0.29, 0.717) is 5.92 Å². The zero-order valence-electron chi connectivity index (χ0n) is 11.1. The highest BCUT2D eigenvalue weighted by Crippen LogP contribution is 2.35. The molecule has 0 unspecified atom stereocenters. The fraction of sp³-hybridized carbons (Fsp3) is 0.571. The van der Waals surface area contributed by atoms with Crippen LogP contribution in [0.2, 0.25) is 0 Å². The van der Waals surface area contributed by atoms with Crippen molar-refractivity contribution in [1.82, 2.24) is 14.3 Å². The lowest BCUT2D eigenvalue weighted by Gasteiger charge is -2.21. The first-order valence-corrected chi connectivity index (χ1v) is 6.91. The summed E-state index contributed by atoms with van der Waals surface area (Å²) in [5.41, 5.74) is -0.673. The van der Waals surface area contributed by atoms with Crippen LogP contribution >= 0.6 is 0 Å². The van der Waals surface area contributed by atoms with E-state index in [9.17, 15) is 9.59 Å². The van der Waals surface area contributed by atoms with Gasteiger partial charge in [-0.05, 0) is 24.7 Å². The first-order chi connectivity index (χ1) is 9.16. The summed E-state index contributed by atoms with van der Waals surface area (Å²) >= 11 is 0. The molecule has 2 aliphatic rings. The van der Waals surface area contributed by atoms with Gasteiger partial charge in [0.2, 0.25) is 0 Å². The predicted molar refractivity (Wildman–Crippen MR) is 73.1 cm³/mol. The Balaban J connectivity index is 1.81. The molecule has 1 fully saturated rings. The van der Waals surface area contributed by atoms with Crippen molar-refractivity contribution >= 4 is 0 Å². The molecular weight excluding hydrogens is 242 g/mol. The van der Waals surface area contributed by atoms with Crippen molar-refractivity contribution in [2.24, 2.45) is 18.9 Å². The second kappa shape index (κ2) is 4.72. The smallest absolute Gasteiger partial charge is 0.246 e. The van der Waals surface area contributed by atoms with Gasteiger partial charge in [0.1, 0.15) is 0 Å². The molecule has 3 rings (SSSR count). The molecule has 0 bridgehead atoms. The van der Waals surface area contributed by atoms with Gasteiger partial charge < -0.3 is 0 Å².